The molecule has 1 aromatic heterocycles. The predicted octanol–water partition coefficient (Wildman–Crippen LogP) is 3.91. The Morgan fingerprint density at radius 3 is 2.52 bits per heavy atom. The Kier molecular flexibility index (Phi) is 7.67. The average molecular weight is 489 g/mol. The summed E-state index contributed by atoms with van der Waals surface area (Å²) in [6.45, 7) is 3.56. The highest BCUT2D eigenvalue weighted by molar-refractivity contribution is 7.99. The Hall–Kier alpha value is -3.44. The molecule has 2 aromatic carbocycles. The standard InChI is InChI=1S/C21H21ClN6O4S/c1-12-4-5-14(9-16(12)22)23-19(29)10-18-25-26-21(27(18)3)33-11-20(30)24-17-7-6-15(28(31)32)8-13(17)2/h4-9H,10-11H2,1-3H3,(H,23,29)(H,24,30). The monoisotopic (exact) mass is 488 g/mol. The van der Waals surface area contributed by atoms with E-state index in [0.717, 1.165) is 17.3 Å². The third-order valence-corrected chi connectivity index (χ3v) is 6.15. The first-order valence-corrected chi connectivity index (χ1v) is 11.1. The van der Waals surface area contributed by atoms with Crippen LogP contribution in [0.4, 0.5) is 17.1 Å². The maximum absolute atomic E-state index is 12.4. The van der Waals surface area contributed by atoms with Crippen LogP contribution in [-0.2, 0) is 23.1 Å². The number of nitrogens with one attached hydrogen (secondary N) is 2. The third kappa shape index (κ3) is 6.30. The third-order valence-electron chi connectivity index (χ3n) is 4.73. The number of amides is 2. The second-order valence-corrected chi connectivity index (χ2v) is 8.59. The summed E-state index contributed by atoms with van der Waals surface area (Å²) in [6, 6.07) is 9.49. The lowest BCUT2D eigenvalue weighted by Gasteiger charge is -2.08. The van der Waals surface area contributed by atoms with E-state index in [-0.39, 0.29) is 29.7 Å². The quantitative estimate of drug-likeness (QED) is 0.279. The number of nitro groups is 1. The van der Waals surface area contributed by atoms with E-state index in [1.54, 1.807) is 30.7 Å². The fourth-order valence-corrected chi connectivity index (χ4v) is 3.77. The van der Waals surface area contributed by atoms with Crippen molar-refractivity contribution in [1.82, 2.24) is 14.8 Å². The molecule has 2 N–H and O–H groups in total. The smallest absolute Gasteiger partial charge is 0.269 e. The van der Waals surface area contributed by atoms with Crippen molar-refractivity contribution in [3.8, 4) is 0 Å². The van der Waals surface area contributed by atoms with Gasteiger partial charge in [0.25, 0.3) is 5.69 Å². The minimum atomic E-state index is -0.490. The van der Waals surface area contributed by atoms with Crippen LogP contribution in [0.1, 0.15) is 17.0 Å². The van der Waals surface area contributed by atoms with Crippen molar-refractivity contribution in [2.24, 2.45) is 7.05 Å². The zero-order chi connectivity index (χ0) is 24.1. The number of benzene rings is 2. The number of nitro benzene ring substituents is 1. The molecule has 0 bridgehead atoms. The molecule has 0 unspecified atom stereocenters. The number of aryl methyl sites for hydroxylation is 2. The minimum absolute atomic E-state index is 0.00371. The summed E-state index contributed by atoms with van der Waals surface area (Å²) in [7, 11) is 1.71. The first kappa shape index (κ1) is 24.2. The second-order valence-electron chi connectivity index (χ2n) is 7.24. The highest BCUT2D eigenvalue weighted by Crippen LogP contribution is 2.23. The zero-order valence-electron chi connectivity index (χ0n) is 18.1. The Bertz CT molecular complexity index is 1230. The molecule has 10 nitrogen and oxygen atoms in total. The lowest BCUT2D eigenvalue weighted by molar-refractivity contribution is -0.384. The van der Waals surface area contributed by atoms with Gasteiger partial charge in [0.2, 0.25) is 11.8 Å². The van der Waals surface area contributed by atoms with Gasteiger partial charge in [0.15, 0.2) is 5.16 Å². The van der Waals surface area contributed by atoms with Gasteiger partial charge in [-0.2, -0.15) is 0 Å². The molecular weight excluding hydrogens is 468 g/mol. The van der Waals surface area contributed by atoms with Crippen LogP contribution < -0.4 is 10.6 Å². The predicted molar refractivity (Wildman–Crippen MR) is 127 cm³/mol. The Balaban J connectivity index is 1.55. The van der Waals surface area contributed by atoms with E-state index in [1.807, 2.05) is 13.0 Å². The van der Waals surface area contributed by atoms with Crippen molar-refractivity contribution in [3.05, 3.63) is 68.5 Å². The van der Waals surface area contributed by atoms with Crippen LogP contribution in [-0.4, -0.2) is 37.3 Å². The van der Waals surface area contributed by atoms with Crippen molar-refractivity contribution in [2.45, 2.75) is 25.4 Å². The maximum Gasteiger partial charge on any atom is 0.269 e. The van der Waals surface area contributed by atoms with Gasteiger partial charge in [0.05, 0.1) is 17.1 Å². The molecule has 1 heterocycles. The fraction of sp³-hybridized carbons (Fsp3) is 0.238. The summed E-state index contributed by atoms with van der Waals surface area (Å²) in [5, 5.41) is 25.5. The number of carbonyl (C=O) groups excluding carboxylic acids is 2. The highest BCUT2D eigenvalue weighted by atomic mass is 35.5. The van der Waals surface area contributed by atoms with E-state index < -0.39 is 4.92 Å². The Labute approximate surface area is 198 Å². The molecule has 0 aliphatic rings. The number of nitrogens with zero attached hydrogens (tertiary/aromatic N) is 4. The van der Waals surface area contributed by atoms with Gasteiger partial charge in [-0.25, -0.2) is 0 Å². The SMILES string of the molecule is Cc1ccc(NC(=O)Cc2nnc(SCC(=O)Nc3ccc([N+](=O)[O-])cc3C)n2C)cc1Cl. The fourth-order valence-electron chi connectivity index (χ4n) is 2.86. The van der Waals surface area contributed by atoms with Crippen LogP contribution in [0.3, 0.4) is 0 Å². The first-order chi connectivity index (χ1) is 15.6. The van der Waals surface area contributed by atoms with E-state index >= 15 is 0 Å². The zero-order valence-corrected chi connectivity index (χ0v) is 19.7. The van der Waals surface area contributed by atoms with Gasteiger partial charge in [0.1, 0.15) is 5.82 Å². The van der Waals surface area contributed by atoms with Gasteiger partial charge < -0.3 is 15.2 Å². The van der Waals surface area contributed by atoms with E-state index in [0.29, 0.717) is 32.9 Å². The number of hydrogen-bond acceptors (Lipinski definition) is 7. The molecule has 3 aromatic rings. The molecule has 2 amide bonds. The van der Waals surface area contributed by atoms with E-state index in [4.69, 9.17) is 11.6 Å². The van der Waals surface area contributed by atoms with Crippen LogP contribution in [0.5, 0.6) is 0 Å². The van der Waals surface area contributed by atoms with Gasteiger partial charge in [-0.15, -0.1) is 10.2 Å². The second kappa shape index (κ2) is 10.5. The number of rotatable bonds is 8. The molecule has 3 rings (SSSR count). The largest absolute Gasteiger partial charge is 0.326 e. The van der Waals surface area contributed by atoms with Crippen LogP contribution in [0, 0.1) is 24.0 Å². The summed E-state index contributed by atoms with van der Waals surface area (Å²) < 4.78 is 1.65. The Morgan fingerprint density at radius 1 is 1.09 bits per heavy atom. The number of hydrogen-bond donors (Lipinski definition) is 2. The topological polar surface area (TPSA) is 132 Å². The molecule has 0 radical (unpaired) electrons. The van der Waals surface area contributed by atoms with Gasteiger partial charge in [-0.1, -0.05) is 29.4 Å². The number of halogens is 1. The maximum atomic E-state index is 12.4. The van der Waals surface area contributed by atoms with Crippen molar-refractivity contribution in [3.63, 3.8) is 0 Å². The normalized spacial score (nSPS) is 10.7. The van der Waals surface area contributed by atoms with E-state index in [9.17, 15) is 19.7 Å². The Morgan fingerprint density at radius 2 is 1.85 bits per heavy atom. The van der Waals surface area contributed by atoms with Crippen molar-refractivity contribution in [1.29, 1.82) is 0 Å². The van der Waals surface area contributed by atoms with Crippen molar-refractivity contribution < 1.29 is 14.5 Å². The van der Waals surface area contributed by atoms with E-state index in [1.165, 1.54) is 18.2 Å². The van der Waals surface area contributed by atoms with Crippen LogP contribution in [0.25, 0.3) is 0 Å². The number of thioether (sulfide) groups is 1. The summed E-state index contributed by atoms with van der Waals surface area (Å²) >= 11 is 7.25. The average Bonchev–Trinajstić information content (AvgIpc) is 3.09. The molecule has 0 atom stereocenters. The minimum Gasteiger partial charge on any atom is -0.326 e. The summed E-state index contributed by atoms with van der Waals surface area (Å²) in [5.41, 5.74) is 2.55. The molecule has 0 fully saturated rings. The number of aromatic nitrogens is 3. The highest BCUT2D eigenvalue weighted by Gasteiger charge is 2.16. The molecule has 0 aliphatic carbocycles. The van der Waals surface area contributed by atoms with Crippen LogP contribution >= 0.6 is 23.4 Å². The van der Waals surface area contributed by atoms with Gasteiger partial charge >= 0.3 is 0 Å². The lowest BCUT2D eigenvalue weighted by atomic mass is 10.2. The summed E-state index contributed by atoms with van der Waals surface area (Å²) in [4.78, 5) is 35.0. The molecule has 0 saturated heterocycles. The molecular formula is C21H21ClN6O4S. The van der Waals surface area contributed by atoms with Gasteiger partial charge in [-0.05, 0) is 43.2 Å². The van der Waals surface area contributed by atoms with Crippen LogP contribution in [0.15, 0.2) is 41.6 Å². The summed E-state index contributed by atoms with van der Waals surface area (Å²) in [6.07, 6.45) is 0.00371. The molecule has 0 saturated carbocycles. The summed E-state index contributed by atoms with van der Waals surface area (Å²) in [5.74, 6) is -0.0695. The number of non-ortho nitro benzene ring substituents is 1. The van der Waals surface area contributed by atoms with Gasteiger partial charge in [-0.3, -0.25) is 19.7 Å². The van der Waals surface area contributed by atoms with Crippen LogP contribution in [0.2, 0.25) is 5.02 Å². The molecule has 12 heteroatoms. The molecule has 33 heavy (non-hydrogen) atoms. The lowest BCUT2D eigenvalue weighted by Crippen LogP contribution is -2.17. The van der Waals surface area contributed by atoms with Gasteiger partial charge in [0, 0.05) is 35.6 Å². The number of anilines is 2. The van der Waals surface area contributed by atoms with Crippen molar-refractivity contribution in [2.75, 3.05) is 16.4 Å². The molecule has 0 aliphatic heterocycles. The molecule has 172 valence electrons. The number of carbonyl (C=O) groups is 2. The van der Waals surface area contributed by atoms with E-state index in [2.05, 4.69) is 20.8 Å². The molecule has 0 spiro atoms. The first-order valence-electron chi connectivity index (χ1n) is 9.76. The van der Waals surface area contributed by atoms with Crippen molar-refractivity contribution >= 4 is 52.2 Å².